The van der Waals surface area contributed by atoms with Crippen molar-refractivity contribution >= 4 is 46.0 Å². The number of nitrogens with one attached hydrogen (secondary N) is 2. The largest absolute Gasteiger partial charge is 0.447 e. The Morgan fingerprint density at radius 1 is 1.03 bits per heavy atom. The Kier molecular flexibility index (Phi) is 6.28. The van der Waals surface area contributed by atoms with Crippen LogP contribution in [0.15, 0.2) is 41.1 Å². The average Bonchev–Trinajstić information content (AvgIpc) is 3.50. The molecule has 1 saturated carbocycles. The van der Waals surface area contributed by atoms with Crippen LogP contribution in [-0.4, -0.2) is 45.8 Å². The number of halogens is 1. The Hall–Kier alpha value is -2.97. The van der Waals surface area contributed by atoms with Crippen molar-refractivity contribution in [2.24, 2.45) is 5.92 Å². The molecule has 1 saturated heterocycles. The summed E-state index contributed by atoms with van der Waals surface area (Å²) in [5.41, 5.74) is 1.18. The van der Waals surface area contributed by atoms with Gasteiger partial charge in [-0.05, 0) is 75.9 Å². The lowest BCUT2D eigenvalue weighted by Crippen LogP contribution is -2.38. The minimum atomic E-state index is -0.518. The van der Waals surface area contributed by atoms with Gasteiger partial charge in [0.25, 0.3) is 5.91 Å². The molecule has 1 aliphatic carbocycles. The molecular formula is C24H26ClN5O3. The number of rotatable bonds is 5. The van der Waals surface area contributed by atoms with Crippen LogP contribution in [0.5, 0.6) is 0 Å². The predicted octanol–water partition coefficient (Wildman–Crippen LogP) is 4.72. The van der Waals surface area contributed by atoms with E-state index in [2.05, 4.69) is 25.5 Å². The Balaban J connectivity index is 1.32. The summed E-state index contributed by atoms with van der Waals surface area (Å²) in [4.78, 5) is 37.1. The Labute approximate surface area is 196 Å². The molecule has 0 aromatic carbocycles. The Bertz CT molecular complexity index is 1150. The second kappa shape index (κ2) is 9.49. The molecule has 2 N–H and O–H groups in total. The van der Waals surface area contributed by atoms with E-state index in [1.165, 1.54) is 32.1 Å². The van der Waals surface area contributed by atoms with E-state index < -0.39 is 5.91 Å². The molecule has 4 heterocycles. The number of hydrogen-bond donors (Lipinski definition) is 2. The van der Waals surface area contributed by atoms with Gasteiger partial charge in [-0.2, -0.15) is 0 Å². The van der Waals surface area contributed by atoms with Gasteiger partial charge in [-0.25, -0.2) is 4.98 Å². The van der Waals surface area contributed by atoms with Gasteiger partial charge in [0.1, 0.15) is 17.0 Å². The number of carbonyl (C=O) groups excluding carboxylic acids is 2. The van der Waals surface area contributed by atoms with Gasteiger partial charge in [0.2, 0.25) is 11.7 Å². The first kappa shape index (κ1) is 21.9. The molecule has 2 aliphatic rings. The third-order valence-corrected chi connectivity index (χ3v) is 6.82. The number of carbonyl (C=O) groups is 2. The molecule has 3 aromatic heterocycles. The molecule has 33 heavy (non-hydrogen) atoms. The fourth-order valence-electron chi connectivity index (χ4n) is 4.86. The first-order valence-corrected chi connectivity index (χ1v) is 11.8. The number of likely N-dealkylation sites (tertiary alicyclic amines) is 1. The van der Waals surface area contributed by atoms with Crippen LogP contribution in [0.25, 0.3) is 11.1 Å². The van der Waals surface area contributed by atoms with E-state index in [0.717, 1.165) is 25.7 Å². The number of hydrogen-bond acceptors (Lipinski definition) is 6. The van der Waals surface area contributed by atoms with Gasteiger partial charge in [-0.1, -0.05) is 11.6 Å². The van der Waals surface area contributed by atoms with Crippen LogP contribution in [-0.2, 0) is 4.79 Å². The fourth-order valence-corrected chi connectivity index (χ4v) is 4.97. The van der Waals surface area contributed by atoms with Gasteiger partial charge < -0.3 is 20.0 Å². The normalized spacial score (nSPS) is 21.2. The van der Waals surface area contributed by atoms with Gasteiger partial charge in [-0.15, -0.1) is 0 Å². The van der Waals surface area contributed by atoms with Crippen molar-refractivity contribution in [3.05, 3.63) is 47.4 Å². The van der Waals surface area contributed by atoms with Crippen molar-refractivity contribution in [2.45, 2.75) is 44.6 Å². The van der Waals surface area contributed by atoms with E-state index >= 15 is 0 Å². The standard InChI is InChI=1S/C24H26ClN5O3/c25-16-7-10-19(27-14-16)28-24(32)22-21(20-18(33-22)4-3-11-26-20)29-23(31)15-5-8-17(9-6-15)30-12-1-2-13-30/h3-4,7,10-11,14-15,17H,1-2,5-6,8-9,12-13H2,(H,29,31)(H,27,28,32)/t15-,17-. The molecule has 0 spiro atoms. The van der Waals surface area contributed by atoms with E-state index in [4.69, 9.17) is 16.0 Å². The summed E-state index contributed by atoms with van der Waals surface area (Å²) in [7, 11) is 0. The molecule has 0 bridgehead atoms. The van der Waals surface area contributed by atoms with Crippen molar-refractivity contribution in [3.8, 4) is 0 Å². The van der Waals surface area contributed by atoms with Crippen molar-refractivity contribution in [3.63, 3.8) is 0 Å². The van der Waals surface area contributed by atoms with Crippen LogP contribution < -0.4 is 10.6 Å². The zero-order valence-corrected chi connectivity index (χ0v) is 19.0. The maximum absolute atomic E-state index is 13.2. The van der Waals surface area contributed by atoms with Crippen LogP contribution >= 0.6 is 11.6 Å². The van der Waals surface area contributed by atoms with Crippen molar-refractivity contribution < 1.29 is 14.0 Å². The SMILES string of the molecule is O=C(Nc1ccc(Cl)cn1)c1oc2cccnc2c1NC(=O)[C@H]1CC[C@H](N2CCCC2)CC1. The average molecular weight is 468 g/mol. The fraction of sp³-hybridized carbons (Fsp3) is 0.417. The molecule has 0 radical (unpaired) electrons. The lowest BCUT2D eigenvalue weighted by atomic mass is 9.85. The first-order valence-electron chi connectivity index (χ1n) is 11.4. The summed E-state index contributed by atoms with van der Waals surface area (Å²) < 4.78 is 5.78. The summed E-state index contributed by atoms with van der Waals surface area (Å²) >= 11 is 5.87. The highest BCUT2D eigenvalue weighted by Crippen LogP contribution is 2.33. The Morgan fingerprint density at radius 2 is 1.82 bits per heavy atom. The molecule has 0 atom stereocenters. The number of furan rings is 1. The molecule has 9 heteroatoms. The zero-order chi connectivity index (χ0) is 22.8. The zero-order valence-electron chi connectivity index (χ0n) is 18.2. The van der Waals surface area contributed by atoms with E-state index in [1.54, 1.807) is 30.5 Å². The smallest absolute Gasteiger partial charge is 0.294 e. The maximum Gasteiger partial charge on any atom is 0.294 e. The number of anilines is 2. The monoisotopic (exact) mass is 467 g/mol. The molecule has 2 fully saturated rings. The summed E-state index contributed by atoms with van der Waals surface area (Å²) in [5.74, 6) is -0.376. The van der Waals surface area contributed by atoms with Crippen molar-refractivity contribution in [2.75, 3.05) is 23.7 Å². The summed E-state index contributed by atoms with van der Waals surface area (Å²) in [6.07, 6.45) is 9.33. The quantitative estimate of drug-likeness (QED) is 0.563. The van der Waals surface area contributed by atoms with E-state index in [0.29, 0.717) is 33.7 Å². The maximum atomic E-state index is 13.2. The van der Waals surface area contributed by atoms with E-state index in [1.807, 2.05) is 0 Å². The predicted molar refractivity (Wildman–Crippen MR) is 126 cm³/mol. The minimum Gasteiger partial charge on any atom is -0.447 e. The highest BCUT2D eigenvalue weighted by atomic mass is 35.5. The van der Waals surface area contributed by atoms with Gasteiger partial charge in [-0.3, -0.25) is 14.6 Å². The van der Waals surface area contributed by atoms with Crippen LogP contribution in [0.4, 0.5) is 11.5 Å². The third-order valence-electron chi connectivity index (χ3n) is 6.59. The van der Waals surface area contributed by atoms with Gasteiger partial charge in [0.05, 0.1) is 5.02 Å². The summed E-state index contributed by atoms with van der Waals surface area (Å²) in [5, 5.41) is 6.11. The van der Waals surface area contributed by atoms with Crippen LogP contribution in [0.1, 0.15) is 49.1 Å². The summed E-state index contributed by atoms with van der Waals surface area (Å²) in [6, 6.07) is 7.25. The van der Waals surface area contributed by atoms with E-state index in [-0.39, 0.29) is 17.6 Å². The highest BCUT2D eigenvalue weighted by molar-refractivity contribution is 6.30. The highest BCUT2D eigenvalue weighted by Gasteiger charge is 2.32. The second-order valence-corrected chi connectivity index (χ2v) is 9.15. The number of fused-ring (bicyclic) bond motifs is 1. The molecule has 3 aromatic rings. The molecule has 172 valence electrons. The minimum absolute atomic E-state index is 0.000414. The lowest BCUT2D eigenvalue weighted by molar-refractivity contribution is -0.121. The van der Waals surface area contributed by atoms with Crippen LogP contribution in [0.2, 0.25) is 5.02 Å². The van der Waals surface area contributed by atoms with Gasteiger partial charge in [0.15, 0.2) is 5.58 Å². The molecule has 0 unspecified atom stereocenters. The van der Waals surface area contributed by atoms with Crippen molar-refractivity contribution in [1.29, 1.82) is 0 Å². The first-order chi connectivity index (χ1) is 16.1. The molecule has 8 nitrogen and oxygen atoms in total. The van der Waals surface area contributed by atoms with Gasteiger partial charge in [0, 0.05) is 24.4 Å². The Morgan fingerprint density at radius 3 is 2.55 bits per heavy atom. The summed E-state index contributed by atoms with van der Waals surface area (Å²) in [6.45, 7) is 2.35. The van der Waals surface area contributed by atoms with Crippen LogP contribution in [0.3, 0.4) is 0 Å². The number of nitrogens with zero attached hydrogens (tertiary/aromatic N) is 3. The number of aromatic nitrogens is 2. The lowest BCUT2D eigenvalue weighted by Gasteiger charge is -2.33. The number of amides is 2. The molecular weight excluding hydrogens is 442 g/mol. The molecule has 2 amide bonds. The topological polar surface area (TPSA) is 100 Å². The number of pyridine rings is 2. The third kappa shape index (κ3) is 4.72. The van der Waals surface area contributed by atoms with E-state index in [9.17, 15) is 9.59 Å². The second-order valence-electron chi connectivity index (χ2n) is 8.71. The van der Waals surface area contributed by atoms with Crippen LogP contribution in [0, 0.1) is 5.92 Å². The van der Waals surface area contributed by atoms with Gasteiger partial charge >= 0.3 is 0 Å². The molecule has 1 aliphatic heterocycles. The molecule has 5 rings (SSSR count). The van der Waals surface area contributed by atoms with Crippen molar-refractivity contribution in [1.82, 2.24) is 14.9 Å².